The number of carbonyl (C=O) groups is 2. The third kappa shape index (κ3) is 4.91. The summed E-state index contributed by atoms with van der Waals surface area (Å²) < 4.78 is 0. The predicted molar refractivity (Wildman–Crippen MR) is 77.4 cm³/mol. The van der Waals surface area contributed by atoms with E-state index in [0.29, 0.717) is 10.7 Å². The number of hydrogen-bond donors (Lipinski definition) is 1. The van der Waals surface area contributed by atoms with Gasteiger partial charge in [0, 0.05) is 23.7 Å². The molecule has 1 aromatic carbocycles. The molecule has 0 fully saturated rings. The lowest BCUT2D eigenvalue weighted by molar-refractivity contribution is -0.123. The number of nitrogens with zero attached hydrogens (tertiary/aromatic N) is 1. The first-order valence-electron chi connectivity index (χ1n) is 6.27. The van der Waals surface area contributed by atoms with Crippen molar-refractivity contribution < 1.29 is 9.59 Å². The van der Waals surface area contributed by atoms with Gasteiger partial charge in [-0.15, -0.1) is 0 Å². The summed E-state index contributed by atoms with van der Waals surface area (Å²) in [5, 5.41) is 3.37. The molecule has 0 aliphatic heterocycles. The number of rotatable bonds is 5. The van der Waals surface area contributed by atoms with Crippen molar-refractivity contribution in [1.82, 2.24) is 5.32 Å². The highest BCUT2D eigenvalue weighted by Gasteiger charge is 2.16. The number of halogens is 1. The van der Waals surface area contributed by atoms with Crippen LogP contribution in [0.4, 0.5) is 5.69 Å². The van der Waals surface area contributed by atoms with Crippen LogP contribution >= 0.6 is 11.6 Å². The zero-order valence-electron chi connectivity index (χ0n) is 11.4. The van der Waals surface area contributed by atoms with Gasteiger partial charge < -0.3 is 10.2 Å². The number of nitrogens with one attached hydrogen (secondary N) is 1. The van der Waals surface area contributed by atoms with Gasteiger partial charge >= 0.3 is 0 Å². The van der Waals surface area contributed by atoms with Crippen LogP contribution in [0.15, 0.2) is 24.3 Å². The van der Waals surface area contributed by atoms with Crippen molar-refractivity contribution in [2.75, 3.05) is 11.4 Å². The average molecular weight is 283 g/mol. The molecule has 5 heteroatoms. The Bertz CT molecular complexity index is 463. The molecule has 0 aliphatic rings. The van der Waals surface area contributed by atoms with E-state index in [1.165, 1.54) is 11.8 Å². The Morgan fingerprint density at radius 3 is 2.63 bits per heavy atom. The molecule has 2 amide bonds. The first-order valence-corrected chi connectivity index (χ1v) is 6.64. The highest BCUT2D eigenvalue weighted by molar-refractivity contribution is 6.30. The van der Waals surface area contributed by atoms with Gasteiger partial charge in [0.15, 0.2) is 0 Å². The van der Waals surface area contributed by atoms with Gasteiger partial charge in [0.1, 0.15) is 6.54 Å². The molecule has 1 N–H and O–H groups in total. The summed E-state index contributed by atoms with van der Waals surface area (Å²) in [4.78, 5) is 24.9. The molecular weight excluding hydrogens is 264 g/mol. The molecule has 0 heterocycles. The monoisotopic (exact) mass is 282 g/mol. The van der Waals surface area contributed by atoms with Crippen LogP contribution in [0.2, 0.25) is 5.02 Å². The zero-order valence-corrected chi connectivity index (χ0v) is 12.2. The minimum absolute atomic E-state index is 0.0000154. The molecule has 1 aromatic rings. The highest BCUT2D eigenvalue weighted by Crippen LogP contribution is 2.19. The van der Waals surface area contributed by atoms with Gasteiger partial charge in [0.25, 0.3) is 0 Å². The average Bonchev–Trinajstić information content (AvgIpc) is 2.35. The molecule has 0 radical (unpaired) electrons. The highest BCUT2D eigenvalue weighted by atomic mass is 35.5. The van der Waals surface area contributed by atoms with Crippen molar-refractivity contribution in [3.05, 3.63) is 29.3 Å². The van der Waals surface area contributed by atoms with Crippen LogP contribution in [0.5, 0.6) is 0 Å². The first-order chi connectivity index (χ1) is 8.93. The summed E-state index contributed by atoms with van der Waals surface area (Å²) in [6.45, 7) is 5.34. The van der Waals surface area contributed by atoms with Gasteiger partial charge in [-0.05, 0) is 31.5 Å². The van der Waals surface area contributed by atoms with Gasteiger partial charge in [-0.25, -0.2) is 0 Å². The van der Waals surface area contributed by atoms with Crippen molar-refractivity contribution in [2.24, 2.45) is 0 Å². The van der Waals surface area contributed by atoms with E-state index in [-0.39, 0.29) is 24.4 Å². The standard InChI is InChI=1S/C14H19ClN2O2/c1-4-10(2)16-14(19)9-17(11(3)18)13-7-5-6-12(15)8-13/h5-8,10H,4,9H2,1-3H3,(H,16,19). The summed E-state index contributed by atoms with van der Waals surface area (Å²) in [7, 11) is 0. The maximum absolute atomic E-state index is 11.8. The summed E-state index contributed by atoms with van der Waals surface area (Å²) in [6, 6.07) is 6.99. The molecule has 1 unspecified atom stereocenters. The lowest BCUT2D eigenvalue weighted by Gasteiger charge is -2.22. The molecule has 4 nitrogen and oxygen atoms in total. The number of benzene rings is 1. The third-order valence-electron chi connectivity index (χ3n) is 2.82. The maximum Gasteiger partial charge on any atom is 0.240 e. The SMILES string of the molecule is CCC(C)NC(=O)CN(C(C)=O)c1cccc(Cl)c1. The normalized spacial score (nSPS) is 11.8. The lowest BCUT2D eigenvalue weighted by atomic mass is 10.2. The van der Waals surface area contributed by atoms with Crippen LogP contribution < -0.4 is 10.2 Å². The molecule has 19 heavy (non-hydrogen) atoms. The van der Waals surface area contributed by atoms with Gasteiger partial charge in [0.05, 0.1) is 0 Å². The van der Waals surface area contributed by atoms with Crippen molar-refractivity contribution >= 4 is 29.1 Å². The molecule has 0 aliphatic carbocycles. The molecule has 1 atom stereocenters. The predicted octanol–water partition coefficient (Wildman–Crippen LogP) is 2.61. The van der Waals surface area contributed by atoms with E-state index in [1.807, 2.05) is 13.8 Å². The molecule has 0 bridgehead atoms. The molecule has 0 saturated carbocycles. The van der Waals surface area contributed by atoms with Crippen molar-refractivity contribution in [2.45, 2.75) is 33.2 Å². The Morgan fingerprint density at radius 2 is 2.11 bits per heavy atom. The van der Waals surface area contributed by atoms with E-state index in [9.17, 15) is 9.59 Å². The van der Waals surface area contributed by atoms with Gasteiger partial charge in [-0.3, -0.25) is 9.59 Å². The van der Waals surface area contributed by atoms with Crippen LogP contribution in [0.25, 0.3) is 0 Å². The number of hydrogen-bond acceptors (Lipinski definition) is 2. The Kier molecular flexibility index (Phi) is 5.83. The summed E-state index contributed by atoms with van der Waals surface area (Å²) in [5.74, 6) is -0.369. The third-order valence-corrected chi connectivity index (χ3v) is 3.06. The molecule has 0 spiro atoms. The Labute approximate surface area is 118 Å². The zero-order chi connectivity index (χ0) is 14.4. The summed E-state index contributed by atoms with van der Waals surface area (Å²) in [5.41, 5.74) is 0.624. The number of anilines is 1. The maximum atomic E-state index is 11.8. The second kappa shape index (κ2) is 7.14. The first kappa shape index (κ1) is 15.5. The summed E-state index contributed by atoms with van der Waals surface area (Å²) in [6.07, 6.45) is 0.850. The molecule has 104 valence electrons. The minimum Gasteiger partial charge on any atom is -0.352 e. The van der Waals surface area contributed by atoms with Crippen LogP contribution in [0.1, 0.15) is 27.2 Å². The molecule has 0 saturated heterocycles. The van der Waals surface area contributed by atoms with Crippen LogP contribution in [-0.2, 0) is 9.59 Å². The van der Waals surface area contributed by atoms with Crippen molar-refractivity contribution in [3.63, 3.8) is 0 Å². The summed E-state index contributed by atoms with van der Waals surface area (Å²) >= 11 is 5.90. The fourth-order valence-electron chi connectivity index (χ4n) is 1.59. The van der Waals surface area contributed by atoms with E-state index in [2.05, 4.69) is 5.32 Å². The topological polar surface area (TPSA) is 49.4 Å². The van der Waals surface area contributed by atoms with E-state index >= 15 is 0 Å². The van der Waals surface area contributed by atoms with Crippen LogP contribution in [0.3, 0.4) is 0 Å². The number of carbonyl (C=O) groups excluding carboxylic acids is 2. The van der Waals surface area contributed by atoms with Gasteiger partial charge in [-0.2, -0.15) is 0 Å². The Balaban J connectivity index is 2.79. The smallest absolute Gasteiger partial charge is 0.240 e. The fourth-order valence-corrected chi connectivity index (χ4v) is 1.78. The van der Waals surface area contributed by atoms with E-state index in [1.54, 1.807) is 24.3 Å². The second-order valence-corrected chi connectivity index (χ2v) is 4.90. The van der Waals surface area contributed by atoms with Crippen molar-refractivity contribution in [1.29, 1.82) is 0 Å². The second-order valence-electron chi connectivity index (χ2n) is 4.46. The van der Waals surface area contributed by atoms with E-state index in [4.69, 9.17) is 11.6 Å². The Morgan fingerprint density at radius 1 is 1.42 bits per heavy atom. The Hall–Kier alpha value is -1.55. The largest absolute Gasteiger partial charge is 0.352 e. The van der Waals surface area contributed by atoms with Crippen molar-refractivity contribution in [3.8, 4) is 0 Å². The van der Waals surface area contributed by atoms with Crippen LogP contribution in [0, 0.1) is 0 Å². The molecule has 1 rings (SSSR count). The fraction of sp³-hybridized carbons (Fsp3) is 0.429. The minimum atomic E-state index is -0.193. The van der Waals surface area contributed by atoms with Gasteiger partial charge in [0.2, 0.25) is 11.8 Å². The van der Waals surface area contributed by atoms with E-state index < -0.39 is 0 Å². The van der Waals surface area contributed by atoms with E-state index in [0.717, 1.165) is 6.42 Å². The molecule has 0 aromatic heterocycles. The number of amides is 2. The quantitative estimate of drug-likeness (QED) is 0.902. The lowest BCUT2D eigenvalue weighted by Crippen LogP contribution is -2.42. The van der Waals surface area contributed by atoms with Gasteiger partial charge in [-0.1, -0.05) is 24.6 Å². The molecular formula is C14H19ClN2O2. The van der Waals surface area contributed by atoms with Crippen LogP contribution in [-0.4, -0.2) is 24.4 Å².